The van der Waals surface area contributed by atoms with E-state index in [1.54, 1.807) is 0 Å². The van der Waals surface area contributed by atoms with Crippen LogP contribution in [0.2, 0.25) is 0 Å². The number of carbonyl (C=O) groups excluding carboxylic acids is 1. The first-order valence-corrected chi connectivity index (χ1v) is 6.67. The van der Waals surface area contributed by atoms with Gasteiger partial charge in [-0.3, -0.25) is 4.79 Å². The van der Waals surface area contributed by atoms with Crippen LogP contribution in [0.15, 0.2) is 28.7 Å². The van der Waals surface area contributed by atoms with E-state index in [0.717, 1.165) is 36.0 Å². The molecule has 1 amide bonds. The number of rotatable bonds is 4. The zero-order valence-electron chi connectivity index (χ0n) is 9.92. The quantitative estimate of drug-likeness (QED) is 0.897. The molecule has 1 aliphatic rings. The number of nitrogens with one attached hydrogen (secondary N) is 2. The number of anilines is 1. The Morgan fingerprint density at radius 3 is 2.47 bits per heavy atom. The fourth-order valence-electron chi connectivity index (χ4n) is 2.22. The van der Waals surface area contributed by atoms with Crippen LogP contribution >= 0.6 is 15.9 Å². The minimum absolute atomic E-state index is 0.139. The van der Waals surface area contributed by atoms with Gasteiger partial charge in [0.05, 0.1) is 5.41 Å². The normalized spacial score (nSPS) is 17.3. The van der Waals surface area contributed by atoms with E-state index in [9.17, 15) is 4.79 Å². The van der Waals surface area contributed by atoms with Gasteiger partial charge in [0.15, 0.2) is 0 Å². The lowest BCUT2D eigenvalue weighted by atomic mass is 9.68. The van der Waals surface area contributed by atoms with Gasteiger partial charge in [-0.25, -0.2) is 0 Å². The highest BCUT2D eigenvalue weighted by molar-refractivity contribution is 9.10. The third kappa shape index (κ3) is 2.69. The first-order valence-electron chi connectivity index (χ1n) is 5.88. The van der Waals surface area contributed by atoms with E-state index in [4.69, 9.17) is 0 Å². The average molecular weight is 297 g/mol. The van der Waals surface area contributed by atoms with Gasteiger partial charge >= 0.3 is 0 Å². The van der Waals surface area contributed by atoms with Crippen molar-refractivity contribution < 1.29 is 4.79 Å². The standard InChI is InChI=1S/C13H17BrN2O/c1-15-9-13(7-2-8-13)12(17)16-11-5-3-10(14)4-6-11/h3-6,15H,2,7-9H2,1H3,(H,16,17). The number of hydrogen-bond donors (Lipinski definition) is 2. The van der Waals surface area contributed by atoms with Crippen molar-refractivity contribution in [1.82, 2.24) is 5.32 Å². The molecule has 0 saturated heterocycles. The van der Waals surface area contributed by atoms with E-state index in [0.29, 0.717) is 0 Å². The summed E-state index contributed by atoms with van der Waals surface area (Å²) >= 11 is 3.38. The van der Waals surface area contributed by atoms with Crippen molar-refractivity contribution in [2.24, 2.45) is 5.41 Å². The molecule has 4 heteroatoms. The van der Waals surface area contributed by atoms with Crippen LogP contribution in [0.25, 0.3) is 0 Å². The van der Waals surface area contributed by atoms with Crippen molar-refractivity contribution in [3.63, 3.8) is 0 Å². The molecule has 0 aromatic heterocycles. The molecule has 3 nitrogen and oxygen atoms in total. The summed E-state index contributed by atoms with van der Waals surface area (Å²) < 4.78 is 1.02. The predicted molar refractivity (Wildman–Crippen MR) is 73.0 cm³/mol. The van der Waals surface area contributed by atoms with Crippen LogP contribution in [-0.4, -0.2) is 19.5 Å². The molecule has 0 atom stereocenters. The Labute approximate surface area is 110 Å². The lowest BCUT2D eigenvalue weighted by Gasteiger charge is -2.40. The Morgan fingerprint density at radius 2 is 2.00 bits per heavy atom. The molecule has 1 saturated carbocycles. The minimum Gasteiger partial charge on any atom is -0.326 e. The Balaban J connectivity index is 2.03. The smallest absolute Gasteiger partial charge is 0.231 e. The second-order valence-corrected chi connectivity index (χ2v) is 5.54. The molecule has 1 fully saturated rings. The largest absolute Gasteiger partial charge is 0.326 e. The first kappa shape index (κ1) is 12.6. The molecule has 1 aliphatic carbocycles. The van der Waals surface area contributed by atoms with Crippen molar-refractivity contribution in [3.05, 3.63) is 28.7 Å². The summed E-state index contributed by atoms with van der Waals surface area (Å²) in [7, 11) is 1.90. The van der Waals surface area contributed by atoms with Crippen molar-refractivity contribution in [1.29, 1.82) is 0 Å². The van der Waals surface area contributed by atoms with Gasteiger partial charge in [-0.2, -0.15) is 0 Å². The number of carbonyl (C=O) groups is 1. The molecule has 2 rings (SSSR count). The molecule has 92 valence electrons. The van der Waals surface area contributed by atoms with E-state index in [-0.39, 0.29) is 11.3 Å². The number of halogens is 1. The maximum atomic E-state index is 12.2. The molecule has 1 aromatic carbocycles. The molecular formula is C13H17BrN2O. The highest BCUT2D eigenvalue weighted by Crippen LogP contribution is 2.41. The summed E-state index contributed by atoms with van der Waals surface area (Å²) in [6.45, 7) is 0.759. The van der Waals surface area contributed by atoms with Crippen LogP contribution in [-0.2, 0) is 4.79 Å². The van der Waals surface area contributed by atoms with Gasteiger partial charge in [0, 0.05) is 16.7 Å². The van der Waals surface area contributed by atoms with E-state index in [2.05, 4.69) is 26.6 Å². The van der Waals surface area contributed by atoms with Gasteiger partial charge in [-0.1, -0.05) is 22.4 Å². The Bertz CT molecular complexity index is 398. The topological polar surface area (TPSA) is 41.1 Å². The molecule has 0 bridgehead atoms. The number of amides is 1. The van der Waals surface area contributed by atoms with Crippen LogP contribution in [0.3, 0.4) is 0 Å². The van der Waals surface area contributed by atoms with E-state index in [1.165, 1.54) is 0 Å². The molecule has 1 aromatic rings. The molecule has 0 spiro atoms. The zero-order chi connectivity index (χ0) is 12.3. The third-order valence-electron chi connectivity index (χ3n) is 3.41. The van der Waals surface area contributed by atoms with Gasteiger partial charge in [0.1, 0.15) is 0 Å². The average Bonchev–Trinajstić information content (AvgIpc) is 2.26. The molecule has 2 N–H and O–H groups in total. The molecule has 0 heterocycles. The highest BCUT2D eigenvalue weighted by Gasteiger charge is 2.43. The lowest BCUT2D eigenvalue weighted by molar-refractivity contribution is -0.129. The summed E-state index contributed by atoms with van der Waals surface area (Å²) in [6.07, 6.45) is 3.11. The maximum Gasteiger partial charge on any atom is 0.231 e. The highest BCUT2D eigenvalue weighted by atomic mass is 79.9. The first-order chi connectivity index (χ1) is 8.16. The van der Waals surface area contributed by atoms with E-state index in [1.807, 2.05) is 31.3 Å². The van der Waals surface area contributed by atoms with Crippen LogP contribution in [0.4, 0.5) is 5.69 Å². The van der Waals surface area contributed by atoms with Crippen LogP contribution in [0, 0.1) is 5.41 Å². The van der Waals surface area contributed by atoms with Crippen LogP contribution in [0.5, 0.6) is 0 Å². The summed E-state index contributed by atoms with van der Waals surface area (Å²) in [4.78, 5) is 12.2. The third-order valence-corrected chi connectivity index (χ3v) is 3.94. The Kier molecular flexibility index (Phi) is 3.84. The summed E-state index contributed by atoms with van der Waals surface area (Å²) in [5.74, 6) is 0.139. The minimum atomic E-state index is -0.193. The lowest BCUT2D eigenvalue weighted by Crippen LogP contribution is -2.48. The monoisotopic (exact) mass is 296 g/mol. The molecule has 0 aliphatic heterocycles. The molecular weight excluding hydrogens is 280 g/mol. The zero-order valence-corrected chi connectivity index (χ0v) is 11.5. The van der Waals surface area contributed by atoms with Crippen LogP contribution < -0.4 is 10.6 Å². The summed E-state index contributed by atoms with van der Waals surface area (Å²) in [5, 5.41) is 6.11. The van der Waals surface area contributed by atoms with Crippen molar-refractivity contribution in [2.75, 3.05) is 18.9 Å². The summed E-state index contributed by atoms with van der Waals surface area (Å²) in [5.41, 5.74) is 0.669. The fraction of sp³-hybridized carbons (Fsp3) is 0.462. The van der Waals surface area contributed by atoms with Gasteiger partial charge in [-0.05, 0) is 44.2 Å². The van der Waals surface area contributed by atoms with E-state index >= 15 is 0 Å². The van der Waals surface area contributed by atoms with Gasteiger partial charge in [0.25, 0.3) is 0 Å². The summed E-state index contributed by atoms with van der Waals surface area (Å²) in [6, 6.07) is 7.68. The second kappa shape index (κ2) is 5.19. The van der Waals surface area contributed by atoms with Gasteiger partial charge in [-0.15, -0.1) is 0 Å². The second-order valence-electron chi connectivity index (χ2n) is 4.63. The fourth-order valence-corrected chi connectivity index (χ4v) is 2.49. The molecule has 0 radical (unpaired) electrons. The van der Waals surface area contributed by atoms with Crippen LogP contribution in [0.1, 0.15) is 19.3 Å². The SMILES string of the molecule is CNCC1(C(=O)Nc2ccc(Br)cc2)CCC1. The van der Waals surface area contributed by atoms with Gasteiger partial charge in [0.2, 0.25) is 5.91 Å². The van der Waals surface area contributed by atoms with Gasteiger partial charge < -0.3 is 10.6 Å². The predicted octanol–water partition coefficient (Wildman–Crippen LogP) is 2.78. The van der Waals surface area contributed by atoms with Crippen molar-refractivity contribution >= 4 is 27.5 Å². The molecule has 0 unspecified atom stereocenters. The number of hydrogen-bond acceptors (Lipinski definition) is 2. The Morgan fingerprint density at radius 1 is 1.35 bits per heavy atom. The van der Waals surface area contributed by atoms with Crippen molar-refractivity contribution in [2.45, 2.75) is 19.3 Å². The van der Waals surface area contributed by atoms with Crippen molar-refractivity contribution in [3.8, 4) is 0 Å². The Hall–Kier alpha value is -0.870. The number of benzene rings is 1. The molecule has 17 heavy (non-hydrogen) atoms. The van der Waals surface area contributed by atoms with E-state index < -0.39 is 0 Å². The maximum absolute atomic E-state index is 12.2.